The molecule has 1 heterocycles. The van der Waals surface area contributed by atoms with Crippen LogP contribution in [0, 0.1) is 0 Å². The average Bonchev–Trinajstić information content (AvgIpc) is 3.09. The first-order valence-corrected chi connectivity index (χ1v) is 15.2. The number of aliphatic carboxylic acids is 1. The Kier molecular flexibility index (Phi) is 16.7. The van der Waals surface area contributed by atoms with Crippen LogP contribution in [0.5, 0.6) is 5.75 Å². The minimum atomic E-state index is -1.29. The molecule has 1 aliphatic rings. The van der Waals surface area contributed by atoms with Crippen LogP contribution in [0.2, 0.25) is 0 Å². The van der Waals surface area contributed by atoms with Crippen molar-refractivity contribution in [2.24, 2.45) is 0 Å². The van der Waals surface area contributed by atoms with Crippen molar-refractivity contribution in [3.8, 4) is 5.75 Å². The minimum Gasteiger partial charge on any atom is -0.479 e. The Bertz CT molecular complexity index is 1390. The van der Waals surface area contributed by atoms with Gasteiger partial charge in [0.15, 0.2) is 6.10 Å². The third kappa shape index (κ3) is 13.7. The molecule has 0 spiro atoms. The third-order valence-electron chi connectivity index (χ3n) is 6.83. The Morgan fingerprint density at radius 2 is 1.59 bits per heavy atom. The smallest absolute Gasteiger partial charge is 0.411 e. The van der Waals surface area contributed by atoms with Crippen LogP contribution in [-0.2, 0) is 67.4 Å². The molecule has 0 bridgehead atoms. The van der Waals surface area contributed by atoms with Crippen LogP contribution in [0.15, 0.2) is 36.4 Å². The maximum Gasteiger partial charge on any atom is 0.411 e. The topological polar surface area (TPSA) is 224 Å². The molecule has 2 aromatic rings. The lowest BCUT2D eigenvalue weighted by Gasteiger charge is -2.31. The van der Waals surface area contributed by atoms with E-state index < -0.39 is 36.5 Å². The van der Waals surface area contributed by atoms with Gasteiger partial charge in [0, 0.05) is 32.1 Å². The molecule has 0 aliphatic carbocycles. The van der Waals surface area contributed by atoms with Crippen LogP contribution in [0.1, 0.15) is 39.9 Å². The van der Waals surface area contributed by atoms with Gasteiger partial charge >= 0.3 is 12.1 Å². The fraction of sp³-hybridized carbons (Fsp3) is 0.469. The van der Waals surface area contributed by atoms with Crippen molar-refractivity contribution < 1.29 is 72.1 Å². The molecule has 17 nitrogen and oxygen atoms in total. The van der Waals surface area contributed by atoms with Crippen molar-refractivity contribution in [2.45, 2.75) is 51.2 Å². The number of carboxylic acid groups (broad SMARTS) is 1. The van der Waals surface area contributed by atoms with E-state index in [1.54, 1.807) is 19.2 Å². The van der Waals surface area contributed by atoms with E-state index in [2.05, 4.69) is 10.6 Å². The number of amides is 2. The summed E-state index contributed by atoms with van der Waals surface area (Å²) in [5.74, 6) is -1.78. The molecule has 17 heteroatoms. The largest absolute Gasteiger partial charge is 0.479 e. The number of hydrogen-bond donors (Lipinski definition) is 4. The van der Waals surface area contributed by atoms with E-state index in [0.717, 1.165) is 0 Å². The first kappa shape index (κ1) is 38.6. The number of aliphatic hydroxyl groups is 1. The van der Waals surface area contributed by atoms with Crippen molar-refractivity contribution in [2.75, 3.05) is 52.0 Å². The number of carbonyl (C=O) groups excluding carboxylic acids is 4. The Hall–Kier alpha value is -4.81. The highest BCUT2D eigenvalue weighted by Crippen LogP contribution is 2.27. The number of methoxy groups -OCH3 is 1. The molecule has 3 rings (SSSR count). The quantitative estimate of drug-likeness (QED) is 0.0780. The zero-order chi connectivity index (χ0) is 35.4. The van der Waals surface area contributed by atoms with Crippen molar-refractivity contribution >= 4 is 36.6 Å². The molecule has 3 unspecified atom stereocenters. The van der Waals surface area contributed by atoms with E-state index in [4.69, 9.17) is 37.9 Å². The predicted octanol–water partition coefficient (Wildman–Crippen LogP) is 1.52. The summed E-state index contributed by atoms with van der Waals surface area (Å²) in [4.78, 5) is 58.7. The minimum absolute atomic E-state index is 0.0250. The Morgan fingerprint density at radius 3 is 2.33 bits per heavy atom. The van der Waals surface area contributed by atoms with Gasteiger partial charge in [0.2, 0.25) is 6.29 Å². The first-order chi connectivity index (χ1) is 23.7. The van der Waals surface area contributed by atoms with Crippen LogP contribution in [0.4, 0.5) is 10.5 Å². The number of anilines is 1. The van der Waals surface area contributed by atoms with Gasteiger partial charge in [0.25, 0.3) is 18.9 Å². The molecule has 2 aromatic carbocycles. The molecule has 2 amide bonds. The Balaban J connectivity index is 1.67. The summed E-state index contributed by atoms with van der Waals surface area (Å²) in [6.45, 7) is 1.94. The van der Waals surface area contributed by atoms with Gasteiger partial charge in [-0.05, 0) is 35.4 Å². The Labute approximate surface area is 281 Å². The van der Waals surface area contributed by atoms with Gasteiger partial charge in [-0.15, -0.1) is 0 Å². The molecular formula is C32H40N2O15. The van der Waals surface area contributed by atoms with Gasteiger partial charge in [0.1, 0.15) is 25.6 Å². The van der Waals surface area contributed by atoms with Gasteiger partial charge < -0.3 is 53.4 Å². The number of benzene rings is 2. The molecule has 0 saturated carbocycles. The van der Waals surface area contributed by atoms with Crippen LogP contribution < -0.4 is 15.4 Å². The number of carboxylic acids is 1. The summed E-state index contributed by atoms with van der Waals surface area (Å²) in [5, 5.41) is 24.8. The fourth-order valence-electron chi connectivity index (χ4n) is 4.51. The van der Waals surface area contributed by atoms with Crippen LogP contribution in [-0.4, -0.2) is 106 Å². The van der Waals surface area contributed by atoms with Crippen molar-refractivity contribution in [3.63, 3.8) is 0 Å². The molecule has 4 N–H and O–H groups in total. The second-order valence-corrected chi connectivity index (χ2v) is 10.4. The van der Waals surface area contributed by atoms with E-state index in [9.17, 15) is 34.2 Å². The van der Waals surface area contributed by atoms with Crippen molar-refractivity contribution in [1.82, 2.24) is 5.32 Å². The summed E-state index contributed by atoms with van der Waals surface area (Å²) in [5.41, 5.74) is 1.72. The van der Waals surface area contributed by atoms with Gasteiger partial charge in [0.05, 0.1) is 50.4 Å². The van der Waals surface area contributed by atoms with Gasteiger partial charge in [-0.3, -0.25) is 19.7 Å². The normalized spacial score (nSPS) is 17.0. The average molecular weight is 693 g/mol. The number of hydrogen-bond acceptors (Lipinski definition) is 14. The lowest BCUT2D eigenvalue weighted by molar-refractivity contribution is -0.195. The second kappa shape index (κ2) is 21.2. The number of carbonyl (C=O) groups is 5. The van der Waals surface area contributed by atoms with E-state index in [0.29, 0.717) is 49.6 Å². The molecule has 1 saturated heterocycles. The summed E-state index contributed by atoms with van der Waals surface area (Å²) < 4.78 is 41.9. The molecule has 49 heavy (non-hydrogen) atoms. The molecule has 3 atom stereocenters. The maximum absolute atomic E-state index is 13.2. The number of nitrogens with one attached hydrogen (secondary N) is 2. The molecule has 268 valence electrons. The van der Waals surface area contributed by atoms with Crippen molar-refractivity contribution in [3.05, 3.63) is 58.7 Å². The predicted molar refractivity (Wildman–Crippen MR) is 166 cm³/mol. The van der Waals surface area contributed by atoms with Gasteiger partial charge in [-0.2, -0.15) is 0 Å². The summed E-state index contributed by atoms with van der Waals surface area (Å²) >= 11 is 0. The Morgan fingerprint density at radius 1 is 0.898 bits per heavy atom. The van der Waals surface area contributed by atoms with Crippen LogP contribution in [0.3, 0.4) is 0 Å². The second-order valence-electron chi connectivity index (χ2n) is 10.4. The number of ether oxygens (including phenoxy) is 8. The van der Waals surface area contributed by atoms with E-state index >= 15 is 0 Å². The highest BCUT2D eigenvalue weighted by Gasteiger charge is 2.34. The molecule has 1 aliphatic heterocycles. The standard InChI is InChI=1S/C32H40N2O15/c1-42-8-9-44-11-10-43-7-6-33-30(38)25-13-22(3-5-27(25)48-29-15-24(37)14-28(49-29)31(39)40)17-47-32(41)34-26-4-2-21(16-45-19-35)12-23(26)18-46-20-36/h2-5,12-13,19-20,24,28-29,37H,6-11,14-18H2,1H3,(H,33,38)(H,34,41)(H,39,40). The molecule has 1 fully saturated rings. The van der Waals surface area contributed by atoms with Gasteiger partial charge in [-0.1, -0.05) is 12.1 Å². The van der Waals surface area contributed by atoms with Crippen molar-refractivity contribution in [1.29, 1.82) is 0 Å². The van der Waals surface area contributed by atoms with E-state index in [-0.39, 0.29) is 69.3 Å². The van der Waals surface area contributed by atoms with Crippen LogP contribution >= 0.6 is 0 Å². The SMILES string of the molecule is COCCOCCOCCNC(=O)c1cc(COC(=O)Nc2ccc(COC=O)cc2COC=O)ccc1OC1CC(O)CC(C(=O)O)O1. The zero-order valence-corrected chi connectivity index (χ0v) is 26.8. The monoisotopic (exact) mass is 692 g/mol. The van der Waals surface area contributed by atoms with Crippen LogP contribution in [0.25, 0.3) is 0 Å². The highest BCUT2D eigenvalue weighted by molar-refractivity contribution is 5.97. The first-order valence-electron chi connectivity index (χ1n) is 15.2. The van der Waals surface area contributed by atoms with E-state index in [1.165, 1.54) is 24.3 Å². The molecular weight excluding hydrogens is 652 g/mol. The summed E-state index contributed by atoms with van der Waals surface area (Å²) in [6.07, 6.45) is -4.43. The summed E-state index contributed by atoms with van der Waals surface area (Å²) in [7, 11) is 1.57. The number of aliphatic hydroxyl groups excluding tert-OH is 1. The van der Waals surface area contributed by atoms with E-state index in [1.807, 2.05) is 0 Å². The third-order valence-corrected chi connectivity index (χ3v) is 6.83. The lowest BCUT2D eigenvalue weighted by Crippen LogP contribution is -2.42. The lowest BCUT2D eigenvalue weighted by atomic mass is 10.0. The summed E-state index contributed by atoms with van der Waals surface area (Å²) in [6, 6.07) is 9.12. The van der Waals surface area contributed by atoms with Gasteiger partial charge in [-0.25, -0.2) is 9.59 Å². The highest BCUT2D eigenvalue weighted by atomic mass is 16.7. The zero-order valence-electron chi connectivity index (χ0n) is 26.8. The maximum atomic E-state index is 13.2. The molecule has 0 aromatic heterocycles. The number of rotatable bonds is 22. The fourth-order valence-corrected chi connectivity index (χ4v) is 4.51. The molecule has 0 radical (unpaired) electrons.